The zero-order valence-electron chi connectivity index (χ0n) is 13.5. The standard InChI is InChI=1S/C5H7O.3C4H9.Sn/c6-5-3-1-2-4-5;3*1-3-4-2;/h1H,2-4H2;3*1,3-4H2,2H3;. The Balaban J connectivity index is 2.77. The van der Waals surface area contributed by atoms with E-state index >= 15 is 0 Å². The Kier molecular flexibility index (Phi) is 8.68. The molecule has 0 heterocycles. The molecule has 0 aromatic carbocycles. The average Bonchev–Trinajstić information content (AvgIpc) is 2.85. The second-order valence-electron chi connectivity index (χ2n) is 6.65. The van der Waals surface area contributed by atoms with Crippen molar-refractivity contribution in [2.24, 2.45) is 0 Å². The third kappa shape index (κ3) is 5.40. The maximum atomic E-state index is 11.8. The van der Waals surface area contributed by atoms with Crippen molar-refractivity contribution in [2.45, 2.75) is 95.8 Å². The first-order valence-electron chi connectivity index (χ1n) is 8.70. The van der Waals surface area contributed by atoms with E-state index in [0.29, 0.717) is 5.78 Å². The van der Waals surface area contributed by atoms with Gasteiger partial charge in [-0.3, -0.25) is 0 Å². The number of carbonyl (C=O) groups excluding carboxylic acids is 1. The predicted molar refractivity (Wildman–Crippen MR) is 87.5 cm³/mol. The molecule has 1 aliphatic carbocycles. The molecule has 112 valence electrons. The molecule has 1 nitrogen and oxygen atoms in total. The molecule has 0 aliphatic heterocycles. The van der Waals surface area contributed by atoms with Gasteiger partial charge in [0.15, 0.2) is 0 Å². The molecule has 2 heteroatoms. The minimum atomic E-state index is -2.05. The fraction of sp³-hybridized carbons (Fsp3) is 0.941. The molecule has 1 fully saturated rings. The first-order valence-corrected chi connectivity index (χ1v) is 16.4. The molecule has 19 heavy (non-hydrogen) atoms. The van der Waals surface area contributed by atoms with Gasteiger partial charge in [-0.25, -0.2) is 0 Å². The second-order valence-corrected chi connectivity index (χ2v) is 21.0. The normalized spacial score (nSPS) is 20.2. The van der Waals surface area contributed by atoms with Gasteiger partial charge in [0, 0.05) is 0 Å². The van der Waals surface area contributed by atoms with Crippen LogP contribution in [0.25, 0.3) is 0 Å². The summed E-state index contributed by atoms with van der Waals surface area (Å²) in [6, 6.07) is 0. The Morgan fingerprint density at radius 2 is 1.42 bits per heavy atom. The van der Waals surface area contributed by atoms with Gasteiger partial charge < -0.3 is 0 Å². The van der Waals surface area contributed by atoms with Crippen molar-refractivity contribution in [1.29, 1.82) is 0 Å². The fourth-order valence-electron chi connectivity index (χ4n) is 3.91. The quantitative estimate of drug-likeness (QED) is 0.432. The van der Waals surface area contributed by atoms with Gasteiger partial charge >= 0.3 is 125 Å². The number of hydrogen-bond donors (Lipinski definition) is 0. The number of carbonyl (C=O) groups is 1. The van der Waals surface area contributed by atoms with Gasteiger partial charge in [-0.05, 0) is 0 Å². The molecule has 0 saturated heterocycles. The topological polar surface area (TPSA) is 17.1 Å². The van der Waals surface area contributed by atoms with Gasteiger partial charge in [-0.15, -0.1) is 0 Å². The maximum absolute atomic E-state index is 11.8. The van der Waals surface area contributed by atoms with Crippen LogP contribution in [0.5, 0.6) is 0 Å². The van der Waals surface area contributed by atoms with Crippen LogP contribution in [0.1, 0.15) is 78.6 Å². The summed E-state index contributed by atoms with van der Waals surface area (Å²) in [5.74, 6) is 0.579. The van der Waals surface area contributed by atoms with Gasteiger partial charge in [0.05, 0.1) is 0 Å². The van der Waals surface area contributed by atoms with E-state index in [9.17, 15) is 4.79 Å². The van der Waals surface area contributed by atoms with Crippen LogP contribution in [0.3, 0.4) is 0 Å². The molecule has 1 saturated carbocycles. The van der Waals surface area contributed by atoms with Crippen molar-refractivity contribution in [3.05, 3.63) is 0 Å². The summed E-state index contributed by atoms with van der Waals surface area (Å²) in [7, 11) is 0. The molecule has 1 atom stereocenters. The Morgan fingerprint density at radius 3 is 1.74 bits per heavy atom. The summed E-state index contributed by atoms with van der Waals surface area (Å²) in [6.45, 7) is 6.99. The fourth-order valence-corrected chi connectivity index (χ4v) is 22.6. The molecule has 0 amide bonds. The van der Waals surface area contributed by atoms with Crippen LogP contribution in [0.4, 0.5) is 0 Å². The number of unbranched alkanes of at least 4 members (excludes halogenated alkanes) is 3. The first kappa shape index (κ1) is 17.5. The molecule has 0 radical (unpaired) electrons. The summed E-state index contributed by atoms with van der Waals surface area (Å²) in [6.07, 6.45) is 11.5. The molecular formula is C17H34OSn. The van der Waals surface area contributed by atoms with E-state index in [0.717, 1.165) is 16.8 Å². The molecule has 0 aromatic rings. The Hall–Kier alpha value is 0.469. The van der Waals surface area contributed by atoms with Crippen LogP contribution in [0, 0.1) is 0 Å². The predicted octanol–water partition coefficient (Wildman–Crippen LogP) is 5.96. The Bertz CT molecular complexity index is 240. The summed E-state index contributed by atoms with van der Waals surface area (Å²) in [5, 5.41) is 0. The van der Waals surface area contributed by atoms with Crippen LogP contribution < -0.4 is 0 Å². The monoisotopic (exact) mass is 374 g/mol. The van der Waals surface area contributed by atoms with Gasteiger partial charge in [0.2, 0.25) is 0 Å². The van der Waals surface area contributed by atoms with Gasteiger partial charge in [0.1, 0.15) is 0 Å². The molecule has 0 spiro atoms. The van der Waals surface area contributed by atoms with E-state index in [1.54, 1.807) is 13.3 Å². The molecular weight excluding hydrogens is 339 g/mol. The van der Waals surface area contributed by atoms with Gasteiger partial charge in [-0.2, -0.15) is 0 Å². The third-order valence-corrected chi connectivity index (χ3v) is 23.1. The first-order chi connectivity index (χ1) is 9.18. The van der Waals surface area contributed by atoms with Crippen LogP contribution in [0.15, 0.2) is 0 Å². The molecule has 0 aromatic heterocycles. The van der Waals surface area contributed by atoms with Crippen LogP contribution in [0.2, 0.25) is 17.2 Å². The molecule has 0 bridgehead atoms. The number of rotatable bonds is 10. The van der Waals surface area contributed by atoms with E-state index in [2.05, 4.69) is 20.8 Å². The molecule has 0 N–H and O–H groups in total. The zero-order chi connectivity index (χ0) is 14.1. The summed E-state index contributed by atoms with van der Waals surface area (Å²) < 4.78 is 5.63. The second kappa shape index (κ2) is 9.41. The van der Waals surface area contributed by atoms with E-state index < -0.39 is 18.4 Å². The number of hydrogen-bond acceptors (Lipinski definition) is 1. The van der Waals surface area contributed by atoms with E-state index in [4.69, 9.17) is 0 Å². The van der Waals surface area contributed by atoms with Crippen LogP contribution >= 0.6 is 0 Å². The summed E-state index contributed by atoms with van der Waals surface area (Å²) in [5.41, 5.74) is 0. The molecule has 1 unspecified atom stereocenters. The van der Waals surface area contributed by atoms with Crippen molar-refractivity contribution in [3.8, 4) is 0 Å². The average molecular weight is 373 g/mol. The van der Waals surface area contributed by atoms with Gasteiger partial charge in [-0.1, -0.05) is 0 Å². The number of ketones is 1. The van der Waals surface area contributed by atoms with E-state index in [1.165, 1.54) is 44.9 Å². The SMILES string of the molecule is CCC[CH2][Sn]([CH2]CCC)([CH2]CCC)[CH]1CCC(=O)C1. The van der Waals surface area contributed by atoms with Crippen molar-refractivity contribution in [2.75, 3.05) is 0 Å². The van der Waals surface area contributed by atoms with Gasteiger partial charge in [0.25, 0.3) is 0 Å². The summed E-state index contributed by atoms with van der Waals surface area (Å²) >= 11 is -2.05. The molecule has 1 aliphatic rings. The van der Waals surface area contributed by atoms with Crippen molar-refractivity contribution in [3.63, 3.8) is 0 Å². The Morgan fingerprint density at radius 1 is 0.947 bits per heavy atom. The van der Waals surface area contributed by atoms with Crippen molar-refractivity contribution >= 4 is 24.2 Å². The third-order valence-electron chi connectivity index (χ3n) is 5.20. The van der Waals surface area contributed by atoms with E-state index in [-0.39, 0.29) is 0 Å². The van der Waals surface area contributed by atoms with Crippen molar-refractivity contribution in [1.82, 2.24) is 0 Å². The van der Waals surface area contributed by atoms with Crippen molar-refractivity contribution < 1.29 is 4.79 Å². The van der Waals surface area contributed by atoms with E-state index in [1.807, 2.05) is 0 Å². The summed E-state index contributed by atoms with van der Waals surface area (Å²) in [4.78, 5) is 11.8. The van der Waals surface area contributed by atoms with Crippen LogP contribution in [-0.2, 0) is 4.79 Å². The Labute approximate surface area is 124 Å². The number of Topliss-reactive ketones (excluding diaryl/α,β-unsaturated/α-hetero) is 1. The molecule has 1 rings (SSSR count). The minimum absolute atomic E-state index is 0.579. The zero-order valence-corrected chi connectivity index (χ0v) is 16.3. The van der Waals surface area contributed by atoms with Crippen LogP contribution in [-0.4, -0.2) is 24.2 Å².